The number of aromatic nitrogens is 2. The Bertz CT molecular complexity index is 402. The predicted molar refractivity (Wildman–Crippen MR) is 70.3 cm³/mol. The predicted octanol–water partition coefficient (Wildman–Crippen LogP) is 1.60. The fourth-order valence-corrected chi connectivity index (χ4v) is 2.15. The van der Waals surface area contributed by atoms with E-state index in [-0.39, 0.29) is 5.91 Å². The van der Waals surface area contributed by atoms with Crippen molar-refractivity contribution in [1.29, 1.82) is 0 Å². The van der Waals surface area contributed by atoms with Crippen LogP contribution >= 0.6 is 0 Å². The number of carbonyl (C=O) groups excluding carboxylic acids is 1. The van der Waals surface area contributed by atoms with Gasteiger partial charge in [0.15, 0.2) is 0 Å². The Labute approximate surface area is 108 Å². The number of nitrogens with one attached hydrogen (secondary N) is 1. The summed E-state index contributed by atoms with van der Waals surface area (Å²) in [6.45, 7) is 4.33. The highest BCUT2D eigenvalue weighted by atomic mass is 16.2. The van der Waals surface area contributed by atoms with Gasteiger partial charge in [-0.15, -0.1) is 0 Å². The summed E-state index contributed by atoms with van der Waals surface area (Å²) < 4.78 is 0. The van der Waals surface area contributed by atoms with Crippen LogP contribution in [0, 0.1) is 6.92 Å². The average Bonchev–Trinajstić information content (AvgIpc) is 2.40. The normalized spacial score (nSPS) is 15.5. The van der Waals surface area contributed by atoms with E-state index >= 15 is 0 Å². The van der Waals surface area contributed by atoms with Gasteiger partial charge in [0.2, 0.25) is 5.91 Å². The second kappa shape index (κ2) is 6.33. The molecule has 0 radical (unpaired) electrons. The lowest BCUT2D eigenvalue weighted by Gasteiger charge is -2.26. The van der Waals surface area contributed by atoms with Crippen molar-refractivity contribution in [2.24, 2.45) is 0 Å². The molecule has 1 saturated heterocycles. The number of hydrogen-bond acceptors (Lipinski definition) is 4. The van der Waals surface area contributed by atoms with Gasteiger partial charge in [0.05, 0.1) is 0 Å². The molecule has 0 atom stereocenters. The second-order valence-corrected chi connectivity index (χ2v) is 4.61. The van der Waals surface area contributed by atoms with Gasteiger partial charge in [0, 0.05) is 32.3 Å². The van der Waals surface area contributed by atoms with Gasteiger partial charge in [-0.05, 0) is 32.3 Å². The third-order valence-corrected chi connectivity index (χ3v) is 3.13. The minimum atomic E-state index is 0.243. The Kier molecular flexibility index (Phi) is 4.50. The molecule has 1 aliphatic heterocycles. The van der Waals surface area contributed by atoms with Crippen LogP contribution in [0.15, 0.2) is 12.3 Å². The lowest BCUT2D eigenvalue weighted by Crippen LogP contribution is -2.36. The van der Waals surface area contributed by atoms with Crippen LogP contribution in [0.4, 0.5) is 5.82 Å². The van der Waals surface area contributed by atoms with Gasteiger partial charge in [0.25, 0.3) is 0 Å². The number of likely N-dealkylation sites (tertiary alicyclic amines) is 1. The molecule has 1 aromatic heterocycles. The van der Waals surface area contributed by atoms with Crippen molar-refractivity contribution in [3.63, 3.8) is 0 Å². The molecule has 0 unspecified atom stereocenters. The number of aryl methyl sites for hydroxylation is 1. The van der Waals surface area contributed by atoms with E-state index in [0.717, 1.165) is 37.6 Å². The number of amides is 1. The Morgan fingerprint density at radius 3 is 2.89 bits per heavy atom. The third-order valence-electron chi connectivity index (χ3n) is 3.13. The second-order valence-electron chi connectivity index (χ2n) is 4.61. The number of nitrogens with zero attached hydrogens (tertiary/aromatic N) is 3. The fourth-order valence-electron chi connectivity index (χ4n) is 2.15. The monoisotopic (exact) mass is 248 g/mol. The summed E-state index contributed by atoms with van der Waals surface area (Å²) in [5, 5.41) is 3.16. The largest absolute Gasteiger partial charge is 0.369 e. The number of hydrogen-bond donors (Lipinski definition) is 1. The summed E-state index contributed by atoms with van der Waals surface area (Å²) in [4.78, 5) is 22.1. The van der Waals surface area contributed by atoms with Gasteiger partial charge in [-0.1, -0.05) is 0 Å². The molecular weight excluding hydrogens is 228 g/mol. The van der Waals surface area contributed by atoms with Crippen LogP contribution in [-0.4, -0.2) is 40.4 Å². The molecule has 5 heteroatoms. The number of rotatable bonds is 4. The summed E-state index contributed by atoms with van der Waals surface area (Å²) in [6, 6.07) is 1.82. The summed E-state index contributed by atoms with van der Waals surface area (Å²) in [5.41, 5.74) is 0. The van der Waals surface area contributed by atoms with Crippen LogP contribution in [-0.2, 0) is 4.79 Å². The fraction of sp³-hybridized carbons (Fsp3) is 0.615. The van der Waals surface area contributed by atoms with Crippen LogP contribution in [0.25, 0.3) is 0 Å². The van der Waals surface area contributed by atoms with Crippen LogP contribution < -0.4 is 5.32 Å². The van der Waals surface area contributed by atoms with Crippen molar-refractivity contribution < 1.29 is 4.79 Å². The van der Waals surface area contributed by atoms with E-state index in [9.17, 15) is 4.79 Å². The maximum Gasteiger partial charge on any atom is 0.224 e. The van der Waals surface area contributed by atoms with E-state index in [2.05, 4.69) is 15.3 Å². The highest BCUT2D eigenvalue weighted by molar-refractivity contribution is 5.76. The molecule has 0 aromatic carbocycles. The van der Waals surface area contributed by atoms with Crippen molar-refractivity contribution in [3.05, 3.63) is 18.1 Å². The molecule has 1 aliphatic rings. The lowest BCUT2D eigenvalue weighted by atomic mass is 10.1. The molecular formula is C13H20N4O. The SMILES string of the molecule is Cc1nccc(NCCC(=O)N2CCCCC2)n1. The molecule has 1 fully saturated rings. The van der Waals surface area contributed by atoms with E-state index < -0.39 is 0 Å². The first-order chi connectivity index (χ1) is 8.75. The zero-order valence-electron chi connectivity index (χ0n) is 10.9. The Balaban J connectivity index is 1.73. The maximum absolute atomic E-state index is 11.9. The number of piperidine rings is 1. The molecule has 2 heterocycles. The van der Waals surface area contributed by atoms with Crippen molar-refractivity contribution >= 4 is 11.7 Å². The van der Waals surface area contributed by atoms with Gasteiger partial charge in [-0.2, -0.15) is 0 Å². The van der Waals surface area contributed by atoms with E-state index in [1.54, 1.807) is 6.20 Å². The first kappa shape index (κ1) is 12.8. The summed E-state index contributed by atoms with van der Waals surface area (Å²) in [6.07, 6.45) is 5.79. The standard InChI is InChI=1S/C13H20N4O/c1-11-14-7-5-12(16-11)15-8-6-13(18)17-9-3-2-4-10-17/h5,7H,2-4,6,8-10H2,1H3,(H,14,15,16). The first-order valence-corrected chi connectivity index (χ1v) is 6.57. The summed E-state index contributed by atoms with van der Waals surface area (Å²) >= 11 is 0. The maximum atomic E-state index is 11.9. The van der Waals surface area contributed by atoms with Crippen LogP contribution in [0.1, 0.15) is 31.5 Å². The Morgan fingerprint density at radius 1 is 1.39 bits per heavy atom. The minimum absolute atomic E-state index is 0.243. The van der Waals surface area contributed by atoms with Crippen molar-refractivity contribution in [1.82, 2.24) is 14.9 Å². The quantitative estimate of drug-likeness (QED) is 0.879. The first-order valence-electron chi connectivity index (χ1n) is 6.57. The van der Waals surface area contributed by atoms with Gasteiger partial charge in [-0.3, -0.25) is 4.79 Å². The molecule has 5 nitrogen and oxygen atoms in total. The number of carbonyl (C=O) groups is 1. The molecule has 1 amide bonds. The molecule has 98 valence electrons. The van der Waals surface area contributed by atoms with Crippen molar-refractivity contribution in [2.75, 3.05) is 25.0 Å². The van der Waals surface area contributed by atoms with Gasteiger partial charge >= 0.3 is 0 Å². The van der Waals surface area contributed by atoms with Gasteiger partial charge in [-0.25, -0.2) is 9.97 Å². The van der Waals surface area contributed by atoms with Crippen LogP contribution in [0.5, 0.6) is 0 Å². The summed E-state index contributed by atoms with van der Waals surface area (Å²) in [5.74, 6) is 1.77. The van der Waals surface area contributed by atoms with Gasteiger partial charge in [0.1, 0.15) is 11.6 Å². The minimum Gasteiger partial charge on any atom is -0.369 e. The molecule has 18 heavy (non-hydrogen) atoms. The highest BCUT2D eigenvalue weighted by Gasteiger charge is 2.15. The zero-order chi connectivity index (χ0) is 12.8. The molecule has 0 bridgehead atoms. The molecule has 2 rings (SSSR count). The Morgan fingerprint density at radius 2 is 2.17 bits per heavy atom. The van der Waals surface area contributed by atoms with E-state index in [0.29, 0.717) is 13.0 Å². The molecule has 0 aliphatic carbocycles. The molecule has 1 aromatic rings. The van der Waals surface area contributed by atoms with E-state index in [1.807, 2.05) is 17.9 Å². The van der Waals surface area contributed by atoms with Crippen LogP contribution in [0.3, 0.4) is 0 Å². The lowest BCUT2D eigenvalue weighted by molar-refractivity contribution is -0.131. The zero-order valence-corrected chi connectivity index (χ0v) is 10.9. The smallest absolute Gasteiger partial charge is 0.224 e. The van der Waals surface area contributed by atoms with Gasteiger partial charge < -0.3 is 10.2 Å². The molecule has 1 N–H and O–H groups in total. The average molecular weight is 248 g/mol. The molecule has 0 spiro atoms. The molecule has 0 saturated carbocycles. The highest BCUT2D eigenvalue weighted by Crippen LogP contribution is 2.10. The van der Waals surface area contributed by atoms with Crippen LogP contribution in [0.2, 0.25) is 0 Å². The summed E-state index contributed by atoms with van der Waals surface area (Å²) in [7, 11) is 0. The topological polar surface area (TPSA) is 58.1 Å². The Hall–Kier alpha value is -1.65. The number of anilines is 1. The van der Waals surface area contributed by atoms with Crippen molar-refractivity contribution in [3.8, 4) is 0 Å². The third kappa shape index (κ3) is 3.68. The van der Waals surface area contributed by atoms with E-state index in [1.165, 1.54) is 6.42 Å². The van der Waals surface area contributed by atoms with Crippen molar-refractivity contribution in [2.45, 2.75) is 32.6 Å². The van der Waals surface area contributed by atoms with E-state index in [4.69, 9.17) is 0 Å².